The average molecular weight is 1550 g/mol. The molecule has 604 valence electrons. The lowest BCUT2D eigenvalue weighted by atomic mass is 9.74. The van der Waals surface area contributed by atoms with Crippen LogP contribution in [0.2, 0.25) is 0 Å². The molecular formula is C76H106F8N12O13. The molecule has 10 atom stereocenters. The molecule has 7 rings (SSSR count). The summed E-state index contributed by atoms with van der Waals surface area (Å²) < 4.78 is 120. The van der Waals surface area contributed by atoms with E-state index in [9.17, 15) is 55.1 Å². The van der Waals surface area contributed by atoms with E-state index in [4.69, 9.17) is 4.74 Å². The number of fused-ring (bicyclic) bond motifs is 3. The van der Waals surface area contributed by atoms with Crippen LogP contribution < -0.4 is 16.0 Å². The Morgan fingerprint density at radius 3 is 1.83 bits per heavy atom. The second-order valence-corrected chi connectivity index (χ2v) is 30.6. The molecule has 25 nitrogen and oxygen atoms in total. The molecule has 2 saturated heterocycles. The van der Waals surface area contributed by atoms with Gasteiger partial charge in [-0.1, -0.05) is 70.7 Å². The normalized spacial score (nSPS) is 26.2. The van der Waals surface area contributed by atoms with Crippen LogP contribution in [-0.4, -0.2) is 264 Å². The summed E-state index contributed by atoms with van der Waals surface area (Å²) in [5, 5.41) is 8.28. The molecule has 33 heteroatoms. The summed E-state index contributed by atoms with van der Waals surface area (Å²) in [4.78, 5) is 191. The summed E-state index contributed by atoms with van der Waals surface area (Å²) in [6, 6.07) is -7.31. The second kappa shape index (κ2) is 36.8. The zero-order valence-electron chi connectivity index (χ0n) is 64.7. The van der Waals surface area contributed by atoms with Crippen LogP contribution in [0.1, 0.15) is 154 Å². The highest BCUT2D eigenvalue weighted by Gasteiger charge is 2.54. The molecule has 4 fully saturated rings. The first-order valence-corrected chi connectivity index (χ1v) is 37.2. The van der Waals surface area contributed by atoms with Gasteiger partial charge in [0.1, 0.15) is 71.1 Å². The van der Waals surface area contributed by atoms with Crippen LogP contribution in [0.25, 0.3) is 0 Å². The molecule has 12 amide bonds. The van der Waals surface area contributed by atoms with Crippen LogP contribution in [0.15, 0.2) is 48.0 Å². The van der Waals surface area contributed by atoms with Gasteiger partial charge in [0.2, 0.25) is 70.9 Å². The lowest BCUT2D eigenvalue weighted by Crippen LogP contribution is -2.68. The van der Waals surface area contributed by atoms with Gasteiger partial charge < -0.3 is 64.8 Å². The van der Waals surface area contributed by atoms with Crippen LogP contribution in [-0.2, 0) is 87.5 Å². The number of likely N-dealkylation sites (N-methyl/N-ethyl adjacent to an activating group) is 7. The molecule has 0 aromatic heterocycles. The molecule has 2 bridgehead atoms. The number of nitrogens with zero attached hydrogens (tertiary/aromatic N) is 9. The van der Waals surface area contributed by atoms with Gasteiger partial charge in [0.25, 0.3) is 0 Å². The Kier molecular flexibility index (Phi) is 29.5. The van der Waals surface area contributed by atoms with E-state index in [2.05, 4.69) is 16.0 Å². The van der Waals surface area contributed by atoms with Gasteiger partial charge >= 0.3 is 12.4 Å². The second-order valence-electron chi connectivity index (χ2n) is 30.6. The number of halogens is 8. The zero-order valence-corrected chi connectivity index (χ0v) is 64.7. The number of carbonyl (C=O) groups is 12. The van der Waals surface area contributed by atoms with E-state index in [-0.39, 0.29) is 69.7 Å². The highest BCUT2D eigenvalue weighted by Crippen LogP contribution is 2.40. The molecule has 5 aliphatic rings. The van der Waals surface area contributed by atoms with E-state index in [1.807, 2.05) is 0 Å². The zero-order chi connectivity index (χ0) is 81.2. The highest BCUT2D eigenvalue weighted by atomic mass is 19.4. The van der Waals surface area contributed by atoms with Crippen LogP contribution in [0, 0.1) is 29.4 Å². The molecule has 2 aromatic rings. The molecule has 3 N–H and O–H groups in total. The SMILES string of the molecule is CCO[C@@H]1CC2C(=O)NC3(CCC3)C(=O)N(C)[C@@H](C3CCCC3)C(=O)N(C)[C@H](C(=O)N(C)C)CC(=O)N(C)[C@@H](CC(C)C)C(=O)N[C@@H]([C@@H](C)CC)C(=O)N(C)CC(=O)N(C)[C@H]3CC/C=C(/C)CN(C3=O)[C@@H](Cc3ccc(C(F)(F)F)cc3)C(=O)N(C)CC(=O)N[C@@H](CCc3cc(F)c(C(F)(F)F)c(F)c3)C(=O)N2C1. The van der Waals surface area contributed by atoms with Gasteiger partial charge in [0, 0.05) is 88.9 Å². The van der Waals surface area contributed by atoms with Crippen molar-refractivity contribution in [3.05, 3.63) is 81.9 Å². The van der Waals surface area contributed by atoms with E-state index in [0.29, 0.717) is 56.2 Å². The molecule has 3 aliphatic heterocycles. The number of aryl methyl sites for hydroxylation is 1. The third-order valence-electron chi connectivity index (χ3n) is 22.0. The maximum absolute atomic E-state index is 15.5. The minimum absolute atomic E-state index is 0.0332. The molecule has 0 radical (unpaired) electrons. The van der Waals surface area contributed by atoms with Gasteiger partial charge in [-0.3, -0.25) is 57.5 Å². The van der Waals surface area contributed by atoms with Crippen LogP contribution >= 0.6 is 0 Å². The lowest BCUT2D eigenvalue weighted by Gasteiger charge is -2.46. The Balaban J connectivity index is 1.36. The maximum Gasteiger partial charge on any atom is 0.422 e. The fraction of sp³-hybridized carbons (Fsp3) is 0.658. The van der Waals surface area contributed by atoms with Crippen LogP contribution in [0.5, 0.6) is 0 Å². The summed E-state index contributed by atoms with van der Waals surface area (Å²) in [5.74, 6) is -15.4. The number of carbonyl (C=O) groups excluding carboxylic acids is 12. The van der Waals surface area contributed by atoms with Crippen LogP contribution in [0.3, 0.4) is 0 Å². The maximum atomic E-state index is 15.5. The van der Waals surface area contributed by atoms with Gasteiger partial charge in [0.05, 0.1) is 31.2 Å². The average Bonchev–Trinajstić information content (AvgIpc) is 1.73. The third-order valence-corrected chi connectivity index (χ3v) is 22.0. The number of nitrogens with one attached hydrogen (secondary N) is 3. The highest BCUT2D eigenvalue weighted by molar-refractivity contribution is 6.01. The number of allylic oxidation sites excluding steroid dienone is 1. The first kappa shape index (κ1) is 87.4. The van der Waals surface area contributed by atoms with Gasteiger partial charge in [-0.05, 0) is 131 Å². The smallest absolute Gasteiger partial charge is 0.377 e. The summed E-state index contributed by atoms with van der Waals surface area (Å²) in [6.45, 7) is 8.11. The monoisotopic (exact) mass is 1550 g/mol. The van der Waals surface area contributed by atoms with Crippen molar-refractivity contribution in [3.8, 4) is 0 Å². The van der Waals surface area contributed by atoms with Gasteiger partial charge in [0.15, 0.2) is 0 Å². The van der Waals surface area contributed by atoms with Crippen molar-refractivity contribution in [2.24, 2.45) is 17.8 Å². The van der Waals surface area contributed by atoms with Crippen molar-refractivity contribution < 1.29 is 97.4 Å². The third kappa shape index (κ3) is 21.0. The Hall–Kier alpha value is -8.78. The first-order chi connectivity index (χ1) is 51.0. The summed E-state index contributed by atoms with van der Waals surface area (Å²) >= 11 is 0. The minimum Gasteiger partial charge on any atom is -0.377 e. The number of amides is 12. The molecule has 2 saturated carbocycles. The Morgan fingerprint density at radius 1 is 0.661 bits per heavy atom. The number of ether oxygens (including phenoxy) is 1. The first-order valence-electron chi connectivity index (χ1n) is 37.2. The summed E-state index contributed by atoms with van der Waals surface area (Å²) in [6.07, 6.45) is -8.81. The molecule has 3 heterocycles. The number of rotatable bonds is 13. The Bertz CT molecular complexity index is 3690. The van der Waals surface area contributed by atoms with Crippen molar-refractivity contribution in [1.29, 1.82) is 0 Å². The van der Waals surface area contributed by atoms with Gasteiger partial charge in [-0.25, -0.2) is 8.78 Å². The summed E-state index contributed by atoms with van der Waals surface area (Å²) in [5.41, 5.74) is -4.72. The predicted octanol–water partition coefficient (Wildman–Crippen LogP) is 6.13. The van der Waals surface area contributed by atoms with E-state index >= 15 is 37.5 Å². The molecule has 1 unspecified atom stereocenters. The van der Waals surface area contributed by atoms with Gasteiger partial charge in [-0.2, -0.15) is 26.3 Å². The minimum atomic E-state index is -5.46. The van der Waals surface area contributed by atoms with Crippen molar-refractivity contribution in [2.45, 2.75) is 217 Å². The van der Waals surface area contributed by atoms with Crippen molar-refractivity contribution in [2.75, 3.05) is 89.2 Å². The number of hydrogen-bond acceptors (Lipinski definition) is 13. The van der Waals surface area contributed by atoms with E-state index in [1.54, 1.807) is 47.6 Å². The van der Waals surface area contributed by atoms with Crippen molar-refractivity contribution >= 4 is 70.9 Å². The van der Waals surface area contributed by atoms with Crippen molar-refractivity contribution in [1.82, 2.24) is 60.0 Å². The quantitative estimate of drug-likeness (QED) is 0.151. The number of alkyl halides is 6. The lowest BCUT2D eigenvalue weighted by molar-refractivity contribution is -0.158. The van der Waals surface area contributed by atoms with E-state index < -0.39 is 222 Å². The molecule has 1 spiro atoms. The number of benzene rings is 2. The van der Waals surface area contributed by atoms with Gasteiger partial charge in [-0.15, -0.1) is 0 Å². The fourth-order valence-electron chi connectivity index (χ4n) is 15.3. The van der Waals surface area contributed by atoms with Crippen molar-refractivity contribution in [3.63, 3.8) is 0 Å². The standard InChI is InChI=1S/C76H106F8N12O13/c1-15-45(6)63-71(106)90(10)42-61(99)91(11)54-24-19-21-44(5)39-95(70(54)105)58(36-46-25-28-49(29-26-46)75(79,80)81)69(104)89(9)41-59(97)85-53(30-27-47-34-51(77)62(52(78)35-47)76(82,83)84)67(102)96-40-50(109-16-2)37-56(96)66(101)87-74(31-20-32-74)73(108)94(14)64(48-22-17-18-23-48)72(107)93(13)57(68(103)88(7)8)38-60(98)92(12)55(33-43(3)4)65(100)86-63/h21,25-26,28-29,34-35,43,45,48,50,53-58,63-64H,15-20,22-24,27,30-33,36-42H2,1-14H3,(H,85,97)(H,86,100)(H,87,101)/b44-21-/t45-,50+,53-,54-,55-,56?,57-,58-,63-,64-/m0/s1. The molecular weight excluding hydrogens is 1440 g/mol. The van der Waals surface area contributed by atoms with E-state index in [1.165, 1.54) is 59.1 Å². The van der Waals surface area contributed by atoms with E-state index in [0.717, 1.165) is 65.6 Å². The molecule has 2 aliphatic carbocycles. The fourth-order valence-corrected chi connectivity index (χ4v) is 15.3. The summed E-state index contributed by atoms with van der Waals surface area (Å²) in [7, 11) is 10.7. The largest absolute Gasteiger partial charge is 0.422 e. The number of hydrogen-bond donors (Lipinski definition) is 3. The van der Waals surface area contributed by atoms with Crippen LogP contribution in [0.4, 0.5) is 35.1 Å². The Labute approximate surface area is 631 Å². The Morgan fingerprint density at radius 2 is 1.28 bits per heavy atom. The predicted molar refractivity (Wildman–Crippen MR) is 383 cm³/mol. The molecule has 2 aromatic carbocycles. The topological polar surface area (TPSA) is 279 Å². The molecule has 109 heavy (non-hydrogen) atoms.